The highest BCUT2D eigenvalue weighted by atomic mass is 19.1. The molecule has 0 saturated carbocycles. The van der Waals surface area contributed by atoms with E-state index in [-0.39, 0.29) is 11.4 Å². The van der Waals surface area contributed by atoms with Crippen LogP contribution in [-0.2, 0) is 0 Å². The summed E-state index contributed by atoms with van der Waals surface area (Å²) in [6.07, 6.45) is 1.49. The van der Waals surface area contributed by atoms with Crippen LogP contribution in [0.2, 0.25) is 0 Å². The predicted molar refractivity (Wildman–Crippen MR) is 68.1 cm³/mol. The molecule has 2 N–H and O–H groups in total. The van der Waals surface area contributed by atoms with E-state index in [0.29, 0.717) is 0 Å². The Bertz CT molecular complexity index is 579. The SMILES string of the molecule is CNc1ccc(C(=O)Nc2cc(F)cc(F)c2)nc1. The lowest BCUT2D eigenvalue weighted by atomic mass is 10.2. The molecular formula is C13H11F2N3O. The van der Waals surface area contributed by atoms with Crippen molar-refractivity contribution in [3.8, 4) is 0 Å². The molecule has 1 aromatic carbocycles. The van der Waals surface area contributed by atoms with Gasteiger partial charge in [0.1, 0.15) is 17.3 Å². The lowest BCUT2D eigenvalue weighted by Gasteiger charge is -2.06. The second kappa shape index (κ2) is 5.43. The number of rotatable bonds is 3. The first kappa shape index (κ1) is 12.9. The molecule has 2 rings (SSSR count). The second-order valence-electron chi connectivity index (χ2n) is 3.79. The molecule has 0 atom stereocenters. The highest BCUT2D eigenvalue weighted by Crippen LogP contribution is 2.14. The fourth-order valence-electron chi connectivity index (χ4n) is 1.50. The number of carbonyl (C=O) groups excluding carboxylic acids is 1. The lowest BCUT2D eigenvalue weighted by Crippen LogP contribution is -2.14. The summed E-state index contributed by atoms with van der Waals surface area (Å²) in [5, 5.41) is 5.24. The van der Waals surface area contributed by atoms with E-state index in [9.17, 15) is 13.6 Å². The molecular weight excluding hydrogens is 252 g/mol. The fraction of sp³-hybridized carbons (Fsp3) is 0.0769. The third kappa shape index (κ3) is 3.25. The minimum Gasteiger partial charge on any atom is -0.387 e. The van der Waals surface area contributed by atoms with E-state index in [2.05, 4.69) is 15.6 Å². The van der Waals surface area contributed by atoms with Gasteiger partial charge in [0, 0.05) is 18.8 Å². The number of carbonyl (C=O) groups is 1. The van der Waals surface area contributed by atoms with Gasteiger partial charge in [0.05, 0.1) is 11.9 Å². The molecule has 0 saturated heterocycles. The zero-order chi connectivity index (χ0) is 13.8. The second-order valence-corrected chi connectivity index (χ2v) is 3.79. The quantitative estimate of drug-likeness (QED) is 0.895. The van der Waals surface area contributed by atoms with E-state index in [1.54, 1.807) is 13.1 Å². The van der Waals surface area contributed by atoms with Crippen molar-refractivity contribution in [3.63, 3.8) is 0 Å². The molecule has 0 bridgehead atoms. The number of hydrogen-bond acceptors (Lipinski definition) is 3. The van der Waals surface area contributed by atoms with Crippen molar-refractivity contribution in [2.24, 2.45) is 0 Å². The third-order valence-electron chi connectivity index (χ3n) is 2.41. The van der Waals surface area contributed by atoms with E-state index in [1.807, 2.05) is 0 Å². The largest absolute Gasteiger partial charge is 0.387 e. The van der Waals surface area contributed by atoms with Crippen LogP contribution in [0.5, 0.6) is 0 Å². The van der Waals surface area contributed by atoms with E-state index >= 15 is 0 Å². The molecule has 1 heterocycles. The molecule has 98 valence electrons. The van der Waals surface area contributed by atoms with Gasteiger partial charge in [0.25, 0.3) is 5.91 Å². The molecule has 1 amide bonds. The molecule has 0 aliphatic rings. The number of nitrogens with one attached hydrogen (secondary N) is 2. The van der Waals surface area contributed by atoms with Crippen molar-refractivity contribution >= 4 is 17.3 Å². The van der Waals surface area contributed by atoms with Gasteiger partial charge in [-0.1, -0.05) is 0 Å². The Morgan fingerprint density at radius 3 is 2.32 bits per heavy atom. The molecule has 0 radical (unpaired) electrons. The number of halogens is 2. The van der Waals surface area contributed by atoms with E-state index in [0.717, 1.165) is 23.9 Å². The maximum absolute atomic E-state index is 13.0. The topological polar surface area (TPSA) is 54.0 Å². The smallest absolute Gasteiger partial charge is 0.274 e. The van der Waals surface area contributed by atoms with Crippen molar-refractivity contribution in [3.05, 3.63) is 53.9 Å². The summed E-state index contributed by atoms with van der Waals surface area (Å²) >= 11 is 0. The number of pyridine rings is 1. The third-order valence-corrected chi connectivity index (χ3v) is 2.41. The Morgan fingerprint density at radius 1 is 1.11 bits per heavy atom. The number of benzene rings is 1. The van der Waals surface area contributed by atoms with Crippen LogP contribution in [0.3, 0.4) is 0 Å². The zero-order valence-electron chi connectivity index (χ0n) is 10.1. The monoisotopic (exact) mass is 263 g/mol. The maximum atomic E-state index is 13.0. The summed E-state index contributed by atoms with van der Waals surface area (Å²) in [7, 11) is 1.73. The van der Waals surface area contributed by atoms with Crippen LogP contribution in [0.15, 0.2) is 36.5 Å². The molecule has 0 fully saturated rings. The Labute approximate surface area is 108 Å². The summed E-state index contributed by atoms with van der Waals surface area (Å²) in [6.45, 7) is 0. The van der Waals surface area contributed by atoms with Gasteiger partial charge in [-0.15, -0.1) is 0 Å². The number of anilines is 2. The van der Waals surface area contributed by atoms with Crippen LogP contribution in [0.25, 0.3) is 0 Å². The van der Waals surface area contributed by atoms with Crippen molar-refractivity contribution < 1.29 is 13.6 Å². The highest BCUT2D eigenvalue weighted by Gasteiger charge is 2.09. The standard InChI is InChI=1S/C13H11F2N3O/c1-16-10-2-3-12(17-7-10)13(19)18-11-5-8(14)4-9(15)6-11/h2-7,16H,1H3,(H,18,19). The predicted octanol–water partition coefficient (Wildman–Crippen LogP) is 2.65. The van der Waals surface area contributed by atoms with Gasteiger partial charge < -0.3 is 10.6 Å². The van der Waals surface area contributed by atoms with Crippen molar-refractivity contribution in [1.82, 2.24) is 4.98 Å². The number of hydrogen-bond donors (Lipinski definition) is 2. The summed E-state index contributed by atoms with van der Waals surface area (Å²) in [5.74, 6) is -2.05. The van der Waals surface area contributed by atoms with Gasteiger partial charge in [0.2, 0.25) is 0 Å². The number of amides is 1. The number of nitrogens with zero attached hydrogens (tertiary/aromatic N) is 1. The molecule has 19 heavy (non-hydrogen) atoms. The van der Waals surface area contributed by atoms with Crippen LogP contribution in [0, 0.1) is 11.6 Å². The Kier molecular flexibility index (Phi) is 3.70. The summed E-state index contributed by atoms with van der Waals surface area (Å²) < 4.78 is 25.9. The van der Waals surface area contributed by atoms with Crippen LogP contribution in [0.4, 0.5) is 20.2 Å². The van der Waals surface area contributed by atoms with Crippen molar-refractivity contribution in [2.45, 2.75) is 0 Å². The Balaban J connectivity index is 2.15. The molecule has 0 aliphatic carbocycles. The molecule has 4 nitrogen and oxygen atoms in total. The average Bonchev–Trinajstić information content (AvgIpc) is 2.37. The molecule has 0 aliphatic heterocycles. The fourth-order valence-corrected chi connectivity index (χ4v) is 1.50. The zero-order valence-corrected chi connectivity index (χ0v) is 10.1. The Hall–Kier alpha value is -2.50. The van der Waals surface area contributed by atoms with Gasteiger partial charge in [-0.3, -0.25) is 4.79 Å². The Morgan fingerprint density at radius 2 is 1.79 bits per heavy atom. The normalized spacial score (nSPS) is 10.1. The highest BCUT2D eigenvalue weighted by molar-refractivity contribution is 6.02. The van der Waals surface area contributed by atoms with Gasteiger partial charge in [-0.25, -0.2) is 13.8 Å². The lowest BCUT2D eigenvalue weighted by molar-refractivity contribution is 0.102. The summed E-state index contributed by atoms with van der Waals surface area (Å²) in [5.41, 5.74) is 0.957. The van der Waals surface area contributed by atoms with Gasteiger partial charge >= 0.3 is 0 Å². The van der Waals surface area contributed by atoms with Crippen molar-refractivity contribution in [2.75, 3.05) is 17.7 Å². The van der Waals surface area contributed by atoms with Gasteiger partial charge in [0.15, 0.2) is 0 Å². The van der Waals surface area contributed by atoms with E-state index in [4.69, 9.17) is 0 Å². The molecule has 0 spiro atoms. The van der Waals surface area contributed by atoms with E-state index < -0.39 is 17.5 Å². The summed E-state index contributed by atoms with van der Waals surface area (Å²) in [6, 6.07) is 5.98. The molecule has 1 aromatic heterocycles. The van der Waals surface area contributed by atoms with Crippen LogP contribution in [-0.4, -0.2) is 17.9 Å². The number of aromatic nitrogens is 1. The average molecular weight is 263 g/mol. The summed E-state index contributed by atoms with van der Waals surface area (Å²) in [4.78, 5) is 15.7. The minimum absolute atomic E-state index is 0.0435. The molecule has 0 unspecified atom stereocenters. The van der Waals surface area contributed by atoms with Gasteiger partial charge in [-0.2, -0.15) is 0 Å². The minimum atomic E-state index is -0.756. The molecule has 6 heteroatoms. The van der Waals surface area contributed by atoms with Crippen molar-refractivity contribution in [1.29, 1.82) is 0 Å². The maximum Gasteiger partial charge on any atom is 0.274 e. The van der Waals surface area contributed by atoms with Crippen LogP contribution in [0.1, 0.15) is 10.5 Å². The first-order chi connectivity index (χ1) is 9.08. The van der Waals surface area contributed by atoms with E-state index in [1.165, 1.54) is 12.3 Å². The first-order valence-corrected chi connectivity index (χ1v) is 5.50. The first-order valence-electron chi connectivity index (χ1n) is 5.50. The van der Waals surface area contributed by atoms with Crippen LogP contribution < -0.4 is 10.6 Å². The van der Waals surface area contributed by atoms with Crippen LogP contribution >= 0.6 is 0 Å². The van der Waals surface area contributed by atoms with Gasteiger partial charge in [-0.05, 0) is 24.3 Å². The molecule has 2 aromatic rings.